The zero-order valence-corrected chi connectivity index (χ0v) is 7.93. The van der Waals surface area contributed by atoms with Gasteiger partial charge in [0, 0.05) is 0 Å². The number of carbonyl (C=O) groups is 1. The summed E-state index contributed by atoms with van der Waals surface area (Å²) in [5, 5.41) is 37.3. The third-order valence-corrected chi connectivity index (χ3v) is 2.19. The fraction of sp³-hybridized carbons (Fsp3) is 0.875. The predicted octanol–water partition coefficient (Wildman–Crippen LogP) is -1.57. The number of aliphatic hydroxyl groups is 4. The van der Waals surface area contributed by atoms with Gasteiger partial charge in [-0.2, -0.15) is 0 Å². The van der Waals surface area contributed by atoms with Crippen LogP contribution >= 0.6 is 0 Å². The summed E-state index contributed by atoms with van der Waals surface area (Å²) in [4.78, 5) is 10.3. The maximum absolute atomic E-state index is 10.3. The van der Waals surface area contributed by atoms with Crippen LogP contribution in [0.2, 0.25) is 0 Å². The molecule has 4 unspecified atom stereocenters. The first-order chi connectivity index (χ1) is 5.66. The summed E-state index contributed by atoms with van der Waals surface area (Å²) < 4.78 is 0. The molecule has 0 saturated carbocycles. The smallest absolute Gasteiger partial charge is 0.154 e. The highest BCUT2D eigenvalue weighted by atomic mass is 16.4. The molecular formula is C8H16O5. The molecule has 4 atom stereocenters. The topological polar surface area (TPSA) is 98.0 Å². The van der Waals surface area contributed by atoms with Crippen molar-refractivity contribution in [1.82, 2.24) is 0 Å². The van der Waals surface area contributed by atoms with Crippen molar-refractivity contribution in [2.45, 2.75) is 44.2 Å². The van der Waals surface area contributed by atoms with Gasteiger partial charge in [0.15, 0.2) is 6.29 Å². The molecular weight excluding hydrogens is 176 g/mol. The molecule has 4 N–H and O–H groups in total. The third kappa shape index (κ3) is 2.47. The Morgan fingerprint density at radius 1 is 1.23 bits per heavy atom. The fourth-order valence-electron chi connectivity index (χ4n) is 0.885. The summed E-state index contributed by atoms with van der Waals surface area (Å²) in [5.41, 5.74) is -4.00. The van der Waals surface area contributed by atoms with E-state index in [-0.39, 0.29) is 6.29 Å². The lowest BCUT2D eigenvalue weighted by Crippen LogP contribution is -2.59. The van der Waals surface area contributed by atoms with Crippen LogP contribution in [0.3, 0.4) is 0 Å². The molecule has 0 saturated heterocycles. The normalized spacial score (nSPS) is 25.5. The highest BCUT2D eigenvalue weighted by Gasteiger charge is 2.46. The van der Waals surface area contributed by atoms with Gasteiger partial charge in [0.1, 0.15) is 17.3 Å². The van der Waals surface area contributed by atoms with Gasteiger partial charge in [0.2, 0.25) is 0 Å². The second-order valence-electron chi connectivity index (χ2n) is 3.65. The van der Waals surface area contributed by atoms with Crippen LogP contribution in [0.15, 0.2) is 0 Å². The lowest BCUT2D eigenvalue weighted by Gasteiger charge is -2.37. The fourth-order valence-corrected chi connectivity index (χ4v) is 0.885. The molecule has 0 heterocycles. The molecule has 0 aliphatic carbocycles. The summed E-state index contributed by atoms with van der Waals surface area (Å²) in [6, 6.07) is 0. The highest BCUT2D eigenvalue weighted by molar-refractivity contribution is 5.62. The van der Waals surface area contributed by atoms with Crippen LogP contribution in [0.5, 0.6) is 0 Å². The van der Waals surface area contributed by atoms with E-state index in [0.29, 0.717) is 0 Å². The molecule has 0 rings (SSSR count). The Bertz CT molecular complexity index is 185. The number of aliphatic hydroxyl groups excluding tert-OH is 2. The molecule has 13 heavy (non-hydrogen) atoms. The zero-order valence-electron chi connectivity index (χ0n) is 7.93. The Balaban J connectivity index is 4.77. The summed E-state index contributed by atoms with van der Waals surface area (Å²) in [6.07, 6.45) is -2.87. The molecule has 0 bridgehead atoms. The van der Waals surface area contributed by atoms with Gasteiger partial charge in [-0.05, 0) is 20.8 Å². The maximum Gasteiger partial charge on any atom is 0.154 e. The van der Waals surface area contributed by atoms with E-state index in [1.165, 1.54) is 6.92 Å². The van der Waals surface area contributed by atoms with Crippen molar-refractivity contribution < 1.29 is 25.2 Å². The van der Waals surface area contributed by atoms with E-state index in [0.717, 1.165) is 13.8 Å². The van der Waals surface area contributed by atoms with Crippen LogP contribution in [-0.2, 0) is 4.79 Å². The van der Waals surface area contributed by atoms with Crippen molar-refractivity contribution in [3.63, 3.8) is 0 Å². The Hall–Kier alpha value is -0.490. The first-order valence-corrected chi connectivity index (χ1v) is 3.93. The number of aldehydes is 1. The summed E-state index contributed by atoms with van der Waals surface area (Å²) in [7, 11) is 0. The van der Waals surface area contributed by atoms with Crippen LogP contribution in [0.25, 0.3) is 0 Å². The van der Waals surface area contributed by atoms with Gasteiger partial charge in [-0.25, -0.2) is 0 Å². The van der Waals surface area contributed by atoms with Crippen molar-refractivity contribution in [2.24, 2.45) is 0 Å². The number of hydrogen-bond donors (Lipinski definition) is 4. The average Bonchev–Trinajstić information content (AvgIpc) is 2.02. The van der Waals surface area contributed by atoms with E-state index >= 15 is 0 Å². The Labute approximate surface area is 76.6 Å². The van der Waals surface area contributed by atoms with E-state index < -0.39 is 23.4 Å². The predicted molar refractivity (Wildman–Crippen MR) is 45.0 cm³/mol. The molecule has 0 aliphatic heterocycles. The molecule has 5 heteroatoms. The summed E-state index contributed by atoms with van der Waals surface area (Å²) in [6.45, 7) is 3.45. The Morgan fingerprint density at radius 2 is 1.62 bits per heavy atom. The number of carbonyl (C=O) groups excluding carboxylic acids is 1. The Kier molecular flexibility index (Phi) is 3.57. The molecule has 0 amide bonds. The average molecular weight is 192 g/mol. The van der Waals surface area contributed by atoms with Crippen LogP contribution < -0.4 is 0 Å². The molecule has 0 radical (unpaired) electrons. The van der Waals surface area contributed by atoms with Crippen molar-refractivity contribution in [3.8, 4) is 0 Å². The SMILES string of the molecule is CC(O)C(C)(O)C(O)C(C)(O)C=O. The van der Waals surface area contributed by atoms with E-state index in [1.807, 2.05) is 0 Å². The minimum Gasteiger partial charge on any atom is -0.390 e. The third-order valence-electron chi connectivity index (χ3n) is 2.19. The van der Waals surface area contributed by atoms with Crippen molar-refractivity contribution in [1.29, 1.82) is 0 Å². The minimum atomic E-state index is -2.07. The van der Waals surface area contributed by atoms with Gasteiger partial charge in [-0.3, -0.25) is 0 Å². The monoisotopic (exact) mass is 192 g/mol. The van der Waals surface area contributed by atoms with Gasteiger partial charge < -0.3 is 25.2 Å². The second-order valence-corrected chi connectivity index (χ2v) is 3.65. The summed E-state index contributed by atoms with van der Waals surface area (Å²) in [5.74, 6) is 0. The van der Waals surface area contributed by atoms with Crippen molar-refractivity contribution in [3.05, 3.63) is 0 Å². The lowest BCUT2D eigenvalue weighted by molar-refractivity contribution is -0.189. The first-order valence-electron chi connectivity index (χ1n) is 3.93. The molecule has 0 aromatic rings. The van der Waals surface area contributed by atoms with Gasteiger partial charge in [-0.15, -0.1) is 0 Å². The Morgan fingerprint density at radius 3 is 1.85 bits per heavy atom. The number of hydrogen-bond acceptors (Lipinski definition) is 5. The van der Waals surface area contributed by atoms with E-state index in [2.05, 4.69) is 0 Å². The van der Waals surface area contributed by atoms with Crippen LogP contribution in [0.1, 0.15) is 20.8 Å². The molecule has 0 spiro atoms. The van der Waals surface area contributed by atoms with Gasteiger partial charge >= 0.3 is 0 Å². The highest BCUT2D eigenvalue weighted by Crippen LogP contribution is 2.22. The van der Waals surface area contributed by atoms with Crippen LogP contribution in [0.4, 0.5) is 0 Å². The molecule has 5 nitrogen and oxygen atoms in total. The van der Waals surface area contributed by atoms with E-state index in [4.69, 9.17) is 5.11 Å². The summed E-state index contributed by atoms with van der Waals surface area (Å²) >= 11 is 0. The molecule has 0 aromatic carbocycles. The standard InChI is InChI=1S/C8H16O5/c1-5(10)8(3,13)6(11)7(2,12)4-9/h4-6,10-13H,1-3H3. The largest absolute Gasteiger partial charge is 0.390 e. The number of rotatable bonds is 4. The maximum atomic E-state index is 10.3. The molecule has 0 aliphatic rings. The van der Waals surface area contributed by atoms with E-state index in [9.17, 15) is 20.1 Å². The molecule has 0 fully saturated rings. The quantitative estimate of drug-likeness (QED) is 0.403. The second kappa shape index (κ2) is 3.71. The van der Waals surface area contributed by atoms with Crippen molar-refractivity contribution in [2.75, 3.05) is 0 Å². The van der Waals surface area contributed by atoms with Gasteiger partial charge in [0.25, 0.3) is 0 Å². The van der Waals surface area contributed by atoms with Gasteiger partial charge in [-0.1, -0.05) is 0 Å². The molecule has 0 aromatic heterocycles. The van der Waals surface area contributed by atoms with Crippen molar-refractivity contribution >= 4 is 6.29 Å². The van der Waals surface area contributed by atoms with E-state index in [1.54, 1.807) is 0 Å². The van der Waals surface area contributed by atoms with Crippen LogP contribution in [0, 0.1) is 0 Å². The minimum absolute atomic E-state index is 0.120. The first kappa shape index (κ1) is 12.5. The lowest BCUT2D eigenvalue weighted by atomic mass is 9.83. The van der Waals surface area contributed by atoms with Gasteiger partial charge in [0.05, 0.1) is 6.10 Å². The van der Waals surface area contributed by atoms with Crippen LogP contribution in [-0.4, -0.2) is 50.1 Å². The zero-order chi connectivity index (χ0) is 10.9. The molecule has 78 valence electrons.